The highest BCUT2D eigenvalue weighted by Gasteiger charge is 2.18. The van der Waals surface area contributed by atoms with Crippen molar-refractivity contribution >= 4 is 17.9 Å². The van der Waals surface area contributed by atoms with Crippen molar-refractivity contribution in [1.29, 1.82) is 0 Å². The molecular weight excluding hydrogens is 318 g/mol. The molecule has 3 amide bonds. The second-order valence-electron chi connectivity index (χ2n) is 5.02. The molecule has 2 aromatic heterocycles. The van der Waals surface area contributed by atoms with E-state index in [1.807, 2.05) is 5.32 Å². The highest BCUT2D eigenvalue weighted by molar-refractivity contribution is 5.95. The molecule has 0 spiro atoms. The SMILES string of the molecule is Cc1cc(CNC(=O)c2cccn2NC(=O)C(C)NC(=O)O)no1. The summed E-state index contributed by atoms with van der Waals surface area (Å²) in [5.74, 6) is -0.399. The molecule has 0 bridgehead atoms. The molecule has 0 radical (unpaired) electrons. The van der Waals surface area contributed by atoms with E-state index in [-0.39, 0.29) is 12.2 Å². The molecule has 1 unspecified atom stereocenters. The molecule has 128 valence electrons. The quantitative estimate of drug-likeness (QED) is 0.604. The maximum atomic E-state index is 12.2. The van der Waals surface area contributed by atoms with Crippen LogP contribution >= 0.6 is 0 Å². The highest BCUT2D eigenvalue weighted by Crippen LogP contribution is 2.04. The van der Waals surface area contributed by atoms with Crippen LogP contribution in [0.2, 0.25) is 0 Å². The van der Waals surface area contributed by atoms with Crippen molar-refractivity contribution in [2.24, 2.45) is 0 Å². The van der Waals surface area contributed by atoms with Crippen LogP contribution in [0.4, 0.5) is 4.79 Å². The van der Waals surface area contributed by atoms with Gasteiger partial charge in [0.15, 0.2) is 0 Å². The van der Waals surface area contributed by atoms with E-state index in [0.29, 0.717) is 11.5 Å². The van der Waals surface area contributed by atoms with Gasteiger partial charge in [-0.15, -0.1) is 0 Å². The van der Waals surface area contributed by atoms with E-state index in [4.69, 9.17) is 9.63 Å². The number of carbonyl (C=O) groups is 3. The largest absolute Gasteiger partial charge is 0.465 e. The summed E-state index contributed by atoms with van der Waals surface area (Å²) >= 11 is 0. The molecule has 0 fully saturated rings. The van der Waals surface area contributed by atoms with E-state index >= 15 is 0 Å². The molecule has 0 saturated heterocycles. The number of rotatable bonds is 6. The van der Waals surface area contributed by atoms with Crippen LogP contribution in [0.1, 0.15) is 28.9 Å². The third-order valence-electron chi connectivity index (χ3n) is 3.05. The van der Waals surface area contributed by atoms with E-state index in [0.717, 1.165) is 0 Å². The zero-order chi connectivity index (χ0) is 17.7. The fourth-order valence-corrected chi connectivity index (χ4v) is 1.89. The van der Waals surface area contributed by atoms with Crippen molar-refractivity contribution in [3.8, 4) is 0 Å². The van der Waals surface area contributed by atoms with E-state index in [1.165, 1.54) is 23.9 Å². The first kappa shape index (κ1) is 17.1. The summed E-state index contributed by atoms with van der Waals surface area (Å²) in [6, 6.07) is 3.81. The monoisotopic (exact) mass is 335 g/mol. The minimum absolute atomic E-state index is 0.173. The topological polar surface area (TPSA) is 138 Å². The van der Waals surface area contributed by atoms with Crippen LogP contribution in [0.3, 0.4) is 0 Å². The normalized spacial score (nSPS) is 11.6. The molecule has 0 aliphatic carbocycles. The lowest BCUT2D eigenvalue weighted by atomic mass is 10.3. The molecule has 24 heavy (non-hydrogen) atoms. The average molecular weight is 335 g/mol. The lowest BCUT2D eigenvalue weighted by molar-refractivity contribution is -0.118. The Balaban J connectivity index is 1.97. The van der Waals surface area contributed by atoms with E-state index in [1.54, 1.807) is 19.1 Å². The summed E-state index contributed by atoms with van der Waals surface area (Å²) in [6.07, 6.45) is 0.159. The Bertz CT molecular complexity index is 750. The Morgan fingerprint density at radius 1 is 1.42 bits per heavy atom. The van der Waals surface area contributed by atoms with Crippen LogP contribution in [-0.4, -0.2) is 38.9 Å². The fourth-order valence-electron chi connectivity index (χ4n) is 1.89. The van der Waals surface area contributed by atoms with Gasteiger partial charge in [-0.25, -0.2) is 4.79 Å². The number of nitrogens with zero attached hydrogens (tertiary/aromatic N) is 2. The summed E-state index contributed by atoms with van der Waals surface area (Å²) < 4.78 is 6.12. The van der Waals surface area contributed by atoms with Crippen LogP contribution in [-0.2, 0) is 11.3 Å². The van der Waals surface area contributed by atoms with Crippen molar-refractivity contribution in [2.75, 3.05) is 5.43 Å². The van der Waals surface area contributed by atoms with Crippen molar-refractivity contribution < 1.29 is 24.0 Å². The van der Waals surface area contributed by atoms with Gasteiger partial charge in [0.1, 0.15) is 23.2 Å². The number of amides is 3. The zero-order valence-corrected chi connectivity index (χ0v) is 13.1. The first-order chi connectivity index (χ1) is 11.4. The van der Waals surface area contributed by atoms with Gasteiger partial charge < -0.3 is 20.3 Å². The van der Waals surface area contributed by atoms with Crippen molar-refractivity contribution in [2.45, 2.75) is 26.4 Å². The predicted molar refractivity (Wildman–Crippen MR) is 81.8 cm³/mol. The summed E-state index contributed by atoms with van der Waals surface area (Å²) in [5.41, 5.74) is 3.19. The van der Waals surface area contributed by atoms with Gasteiger partial charge in [-0.1, -0.05) is 5.16 Å². The summed E-state index contributed by atoms with van der Waals surface area (Å²) in [5, 5.41) is 17.0. The van der Waals surface area contributed by atoms with Gasteiger partial charge in [-0.3, -0.25) is 19.7 Å². The molecule has 2 rings (SSSR count). The molecular formula is C14H17N5O5. The number of hydrogen-bond acceptors (Lipinski definition) is 5. The molecule has 1 atom stereocenters. The molecule has 0 aliphatic heterocycles. The Morgan fingerprint density at radius 3 is 2.79 bits per heavy atom. The smallest absolute Gasteiger partial charge is 0.405 e. The predicted octanol–water partition coefficient (Wildman–Crippen LogP) is 0.441. The van der Waals surface area contributed by atoms with Gasteiger partial charge >= 0.3 is 6.09 Å². The Morgan fingerprint density at radius 2 is 2.17 bits per heavy atom. The minimum atomic E-state index is -1.31. The zero-order valence-electron chi connectivity index (χ0n) is 13.1. The van der Waals surface area contributed by atoms with Crippen molar-refractivity contribution in [1.82, 2.24) is 20.5 Å². The molecule has 2 aromatic rings. The number of carboxylic acid groups (broad SMARTS) is 1. The Labute approximate surface area is 136 Å². The highest BCUT2D eigenvalue weighted by atomic mass is 16.5. The average Bonchev–Trinajstić information content (AvgIpc) is 3.13. The van der Waals surface area contributed by atoms with Gasteiger partial charge in [0.25, 0.3) is 11.8 Å². The summed E-state index contributed by atoms with van der Waals surface area (Å²) in [7, 11) is 0. The molecule has 10 nitrogen and oxygen atoms in total. The fraction of sp³-hybridized carbons (Fsp3) is 0.286. The van der Waals surface area contributed by atoms with Gasteiger partial charge in [0.2, 0.25) is 0 Å². The standard InChI is InChI=1S/C14H17N5O5/c1-8-6-10(18-24-8)7-15-13(21)11-4-3-5-19(11)17-12(20)9(2)16-14(22)23/h3-6,9,16H,7H2,1-2H3,(H,15,21)(H,17,20)(H,22,23). The maximum absolute atomic E-state index is 12.2. The second-order valence-corrected chi connectivity index (χ2v) is 5.02. The van der Waals surface area contributed by atoms with Crippen LogP contribution in [0.5, 0.6) is 0 Å². The van der Waals surface area contributed by atoms with Gasteiger partial charge in [-0.05, 0) is 26.0 Å². The molecule has 2 heterocycles. The van der Waals surface area contributed by atoms with Crippen molar-refractivity contribution in [3.63, 3.8) is 0 Å². The molecule has 0 aliphatic rings. The van der Waals surface area contributed by atoms with Crippen LogP contribution in [0, 0.1) is 6.92 Å². The van der Waals surface area contributed by atoms with Crippen LogP contribution < -0.4 is 16.1 Å². The first-order valence-corrected chi connectivity index (χ1v) is 7.05. The van der Waals surface area contributed by atoms with Gasteiger partial charge in [-0.2, -0.15) is 0 Å². The van der Waals surface area contributed by atoms with E-state index in [9.17, 15) is 14.4 Å². The lowest BCUT2D eigenvalue weighted by Gasteiger charge is -2.14. The van der Waals surface area contributed by atoms with Gasteiger partial charge in [0, 0.05) is 12.3 Å². The van der Waals surface area contributed by atoms with E-state index < -0.39 is 23.9 Å². The second kappa shape index (κ2) is 7.31. The molecule has 10 heteroatoms. The third-order valence-corrected chi connectivity index (χ3v) is 3.05. The first-order valence-electron chi connectivity index (χ1n) is 7.05. The Hall–Kier alpha value is -3.30. The molecule has 0 aromatic carbocycles. The number of hydrogen-bond donors (Lipinski definition) is 4. The van der Waals surface area contributed by atoms with E-state index in [2.05, 4.69) is 15.9 Å². The number of aromatic nitrogens is 2. The number of nitrogens with one attached hydrogen (secondary N) is 3. The summed E-state index contributed by atoms with van der Waals surface area (Å²) in [4.78, 5) is 34.6. The third kappa shape index (κ3) is 4.35. The van der Waals surface area contributed by atoms with Crippen LogP contribution in [0.15, 0.2) is 28.9 Å². The number of aryl methyl sites for hydroxylation is 1. The summed E-state index contributed by atoms with van der Waals surface area (Å²) in [6.45, 7) is 3.30. The van der Waals surface area contributed by atoms with Gasteiger partial charge in [0.05, 0.1) is 6.54 Å². The van der Waals surface area contributed by atoms with Crippen molar-refractivity contribution in [3.05, 3.63) is 41.5 Å². The maximum Gasteiger partial charge on any atom is 0.405 e. The molecule has 4 N–H and O–H groups in total. The lowest BCUT2D eigenvalue weighted by Crippen LogP contribution is -2.44. The minimum Gasteiger partial charge on any atom is -0.465 e. The Kier molecular flexibility index (Phi) is 5.20. The molecule has 0 saturated carbocycles. The van der Waals surface area contributed by atoms with Crippen LogP contribution in [0.25, 0.3) is 0 Å². The number of carbonyl (C=O) groups excluding carboxylic acids is 2.